The van der Waals surface area contributed by atoms with Crippen LogP contribution in [0.2, 0.25) is 0 Å². The van der Waals surface area contributed by atoms with Crippen molar-refractivity contribution in [2.45, 2.75) is 31.2 Å². The number of aryl methyl sites for hydroxylation is 1. The Balaban J connectivity index is 1.99. The molecule has 1 fully saturated rings. The molecule has 1 aromatic carbocycles. The van der Waals surface area contributed by atoms with Crippen LogP contribution < -0.4 is 10.6 Å². The average molecular weight is 292 g/mol. The van der Waals surface area contributed by atoms with Gasteiger partial charge in [0.15, 0.2) is 0 Å². The number of thioether (sulfide) groups is 1. The maximum Gasteiger partial charge on any atom is 0.329 e. The number of hydrogen-bond donors (Lipinski definition) is 2. The van der Waals surface area contributed by atoms with Gasteiger partial charge in [0.25, 0.3) is 5.24 Å². The van der Waals surface area contributed by atoms with Gasteiger partial charge in [0.2, 0.25) is 0 Å². The quantitative estimate of drug-likeness (QED) is 0.818. The average Bonchev–Trinajstić information content (AvgIpc) is 2.80. The summed E-state index contributed by atoms with van der Waals surface area (Å²) in [4.78, 5) is 23.8. The Morgan fingerprint density at radius 3 is 2.95 bits per heavy atom. The van der Waals surface area contributed by atoms with E-state index < -0.39 is 6.04 Å². The van der Waals surface area contributed by atoms with Crippen LogP contribution in [0, 0.1) is 6.92 Å². The molecule has 1 aromatic rings. The second kappa shape index (κ2) is 5.01. The monoisotopic (exact) mass is 292 g/mol. The second-order valence-corrected chi connectivity index (χ2v) is 6.11. The molecule has 1 amide bonds. The summed E-state index contributed by atoms with van der Waals surface area (Å²) in [5.41, 5.74) is 3.05. The third kappa shape index (κ3) is 2.14. The lowest BCUT2D eigenvalue weighted by Gasteiger charge is -2.34. The van der Waals surface area contributed by atoms with Crippen LogP contribution >= 0.6 is 11.8 Å². The van der Waals surface area contributed by atoms with E-state index in [4.69, 9.17) is 4.74 Å². The van der Waals surface area contributed by atoms with Gasteiger partial charge in [-0.25, -0.2) is 4.79 Å². The molecular formula is C14H16N2O3S. The van der Waals surface area contributed by atoms with Crippen molar-refractivity contribution >= 4 is 28.7 Å². The van der Waals surface area contributed by atoms with Crippen molar-refractivity contribution in [1.82, 2.24) is 5.32 Å². The summed E-state index contributed by atoms with van der Waals surface area (Å²) in [5.74, 6) is -0.308. The van der Waals surface area contributed by atoms with E-state index in [2.05, 4.69) is 10.6 Å². The molecule has 6 heteroatoms. The molecule has 2 N–H and O–H groups in total. The van der Waals surface area contributed by atoms with Gasteiger partial charge in [-0.2, -0.15) is 0 Å². The van der Waals surface area contributed by atoms with Crippen molar-refractivity contribution in [2.75, 3.05) is 11.9 Å². The van der Waals surface area contributed by atoms with Gasteiger partial charge >= 0.3 is 5.97 Å². The molecule has 2 aliphatic rings. The predicted octanol–water partition coefficient (Wildman–Crippen LogP) is 2.22. The number of fused-ring (bicyclic) bond motifs is 3. The molecule has 106 valence electrons. The van der Waals surface area contributed by atoms with Crippen molar-refractivity contribution < 1.29 is 14.3 Å². The zero-order chi connectivity index (χ0) is 14.3. The number of ether oxygens (including phenoxy) is 1. The third-order valence-corrected chi connectivity index (χ3v) is 4.72. The van der Waals surface area contributed by atoms with Crippen molar-refractivity contribution in [1.29, 1.82) is 0 Å². The lowest BCUT2D eigenvalue weighted by molar-refractivity contribution is -0.144. The molecule has 0 saturated carbocycles. The number of rotatable bonds is 2. The Bertz CT molecular complexity index is 576. The summed E-state index contributed by atoms with van der Waals surface area (Å²) >= 11 is 1.17. The van der Waals surface area contributed by atoms with Crippen LogP contribution in [0.1, 0.15) is 24.1 Å². The maximum absolute atomic E-state index is 12.1. The van der Waals surface area contributed by atoms with Gasteiger partial charge in [-0.15, -0.1) is 0 Å². The summed E-state index contributed by atoms with van der Waals surface area (Å²) in [6.45, 7) is 4.12. The van der Waals surface area contributed by atoms with E-state index in [1.807, 2.05) is 25.1 Å². The summed E-state index contributed by atoms with van der Waals surface area (Å²) in [6, 6.07) is 5.34. The molecule has 3 atom stereocenters. The standard InChI is InChI=1S/C14H16N2O3S/c1-3-19-13(17)11-12-10(16-14(18)20-12)8-6-7(2)4-5-9(8)15-11/h4-6,10-12,15H,3H2,1-2H3,(H,16,18)/t10-,11-,12+/m1/s1. The summed E-state index contributed by atoms with van der Waals surface area (Å²) < 4.78 is 5.11. The van der Waals surface area contributed by atoms with Crippen LogP contribution in [0.3, 0.4) is 0 Å². The number of anilines is 1. The summed E-state index contributed by atoms with van der Waals surface area (Å²) in [5, 5.41) is 5.89. The van der Waals surface area contributed by atoms with Gasteiger partial charge in [0, 0.05) is 5.69 Å². The Hall–Kier alpha value is -1.69. The largest absolute Gasteiger partial charge is 0.464 e. The summed E-state index contributed by atoms with van der Waals surface area (Å²) in [7, 11) is 0. The molecule has 5 nitrogen and oxygen atoms in total. The fraction of sp³-hybridized carbons (Fsp3) is 0.429. The van der Waals surface area contributed by atoms with Crippen molar-refractivity contribution in [2.24, 2.45) is 0 Å². The molecular weight excluding hydrogens is 276 g/mol. The number of amides is 1. The number of carbonyl (C=O) groups excluding carboxylic acids is 2. The number of hydrogen-bond acceptors (Lipinski definition) is 5. The highest BCUT2D eigenvalue weighted by Crippen LogP contribution is 2.43. The van der Waals surface area contributed by atoms with Gasteiger partial charge in [-0.1, -0.05) is 29.5 Å². The lowest BCUT2D eigenvalue weighted by Crippen LogP contribution is -2.46. The smallest absolute Gasteiger partial charge is 0.329 e. The first-order valence-electron chi connectivity index (χ1n) is 6.61. The third-order valence-electron chi connectivity index (χ3n) is 3.57. The van der Waals surface area contributed by atoms with Crippen molar-refractivity contribution in [3.8, 4) is 0 Å². The highest BCUT2D eigenvalue weighted by molar-refractivity contribution is 8.14. The molecule has 1 saturated heterocycles. The Kier molecular flexibility index (Phi) is 3.33. The van der Waals surface area contributed by atoms with E-state index in [0.717, 1.165) is 16.8 Å². The molecule has 2 heterocycles. The van der Waals surface area contributed by atoms with E-state index in [1.165, 1.54) is 11.8 Å². The normalized spacial score (nSPS) is 27.1. The second-order valence-electron chi connectivity index (χ2n) is 4.96. The topological polar surface area (TPSA) is 67.4 Å². The van der Waals surface area contributed by atoms with E-state index in [1.54, 1.807) is 6.92 Å². The van der Waals surface area contributed by atoms with Crippen molar-refractivity contribution in [3.05, 3.63) is 29.3 Å². The summed E-state index contributed by atoms with van der Waals surface area (Å²) in [6.07, 6.45) is 0. The highest BCUT2D eigenvalue weighted by Gasteiger charge is 2.47. The minimum atomic E-state index is -0.501. The molecule has 0 unspecified atom stereocenters. The van der Waals surface area contributed by atoms with Gasteiger partial charge in [-0.05, 0) is 25.5 Å². The molecule has 2 aliphatic heterocycles. The van der Waals surface area contributed by atoms with Crippen LogP contribution in [-0.4, -0.2) is 29.1 Å². The van der Waals surface area contributed by atoms with E-state index in [-0.39, 0.29) is 22.5 Å². The van der Waals surface area contributed by atoms with Gasteiger partial charge in [-0.3, -0.25) is 4.79 Å². The lowest BCUT2D eigenvalue weighted by atomic mass is 9.91. The molecule has 20 heavy (non-hydrogen) atoms. The molecule has 3 rings (SSSR count). The fourth-order valence-corrected chi connectivity index (χ4v) is 3.80. The van der Waals surface area contributed by atoms with Crippen LogP contribution in [0.25, 0.3) is 0 Å². The SMILES string of the molecule is CCOC(=O)[C@@H]1Nc2ccc(C)cc2[C@H]2NC(=O)S[C@@H]21. The Morgan fingerprint density at radius 2 is 2.20 bits per heavy atom. The van der Waals surface area contributed by atoms with E-state index in [9.17, 15) is 9.59 Å². The number of benzene rings is 1. The van der Waals surface area contributed by atoms with Crippen molar-refractivity contribution in [3.63, 3.8) is 0 Å². The molecule has 0 aromatic heterocycles. The minimum absolute atomic E-state index is 0.0922. The molecule has 0 radical (unpaired) electrons. The number of esters is 1. The zero-order valence-corrected chi connectivity index (χ0v) is 12.1. The number of carbonyl (C=O) groups is 2. The first-order chi connectivity index (χ1) is 9.60. The van der Waals surface area contributed by atoms with E-state index in [0.29, 0.717) is 6.61 Å². The Morgan fingerprint density at radius 1 is 1.40 bits per heavy atom. The first-order valence-corrected chi connectivity index (χ1v) is 7.49. The number of nitrogens with one attached hydrogen (secondary N) is 2. The van der Waals surface area contributed by atoms with Crippen LogP contribution in [0.4, 0.5) is 10.5 Å². The highest BCUT2D eigenvalue weighted by atomic mass is 32.2. The van der Waals surface area contributed by atoms with Crippen LogP contribution in [-0.2, 0) is 9.53 Å². The van der Waals surface area contributed by atoms with Gasteiger partial charge in [0.05, 0.1) is 17.9 Å². The van der Waals surface area contributed by atoms with Crippen LogP contribution in [0.5, 0.6) is 0 Å². The molecule has 0 bridgehead atoms. The van der Waals surface area contributed by atoms with Crippen LogP contribution in [0.15, 0.2) is 18.2 Å². The molecule has 0 spiro atoms. The van der Waals surface area contributed by atoms with Gasteiger partial charge in [0.1, 0.15) is 6.04 Å². The van der Waals surface area contributed by atoms with E-state index >= 15 is 0 Å². The fourth-order valence-electron chi connectivity index (χ4n) is 2.70. The zero-order valence-electron chi connectivity index (χ0n) is 11.3. The first kappa shape index (κ1) is 13.3. The maximum atomic E-state index is 12.1. The Labute approximate surface area is 121 Å². The predicted molar refractivity (Wildman–Crippen MR) is 77.9 cm³/mol. The van der Waals surface area contributed by atoms with Gasteiger partial charge < -0.3 is 15.4 Å². The molecule has 0 aliphatic carbocycles. The minimum Gasteiger partial charge on any atom is -0.464 e.